The normalized spacial score (nSPS) is 28.3. The van der Waals surface area contributed by atoms with Gasteiger partial charge in [0.15, 0.2) is 0 Å². The second kappa shape index (κ2) is 4.89. The number of rotatable bonds is 2. The highest BCUT2D eigenvalue weighted by Gasteiger charge is 2.34. The van der Waals surface area contributed by atoms with Gasteiger partial charge in [0.05, 0.1) is 4.90 Å². The lowest BCUT2D eigenvalue weighted by Crippen LogP contribution is -2.39. The maximum atomic E-state index is 12.6. The molecule has 2 heterocycles. The van der Waals surface area contributed by atoms with Crippen LogP contribution in [0.1, 0.15) is 24.8 Å². The van der Waals surface area contributed by atoms with Gasteiger partial charge in [0, 0.05) is 25.2 Å². The van der Waals surface area contributed by atoms with Gasteiger partial charge in [-0.1, -0.05) is 17.7 Å². The molecular formula is C14H20N2O2S. The lowest BCUT2D eigenvalue weighted by atomic mass is 10.1. The van der Waals surface area contributed by atoms with Crippen LogP contribution in [0.5, 0.6) is 0 Å². The van der Waals surface area contributed by atoms with E-state index in [0.29, 0.717) is 30.1 Å². The molecule has 0 saturated carbocycles. The van der Waals surface area contributed by atoms with Crippen molar-refractivity contribution >= 4 is 10.0 Å². The van der Waals surface area contributed by atoms with Gasteiger partial charge in [-0.05, 0) is 38.3 Å². The molecule has 3 rings (SSSR count). The number of nitrogens with one attached hydrogen (secondary N) is 1. The fourth-order valence-corrected chi connectivity index (χ4v) is 4.49. The lowest BCUT2D eigenvalue weighted by Gasteiger charge is -2.23. The van der Waals surface area contributed by atoms with Crippen LogP contribution in [0.2, 0.25) is 0 Å². The van der Waals surface area contributed by atoms with Crippen molar-refractivity contribution in [3.05, 3.63) is 29.8 Å². The molecule has 19 heavy (non-hydrogen) atoms. The molecular weight excluding hydrogens is 260 g/mol. The first-order chi connectivity index (χ1) is 9.05. The van der Waals surface area contributed by atoms with Gasteiger partial charge in [0.1, 0.15) is 0 Å². The largest absolute Gasteiger partial charge is 0.310 e. The zero-order chi connectivity index (χ0) is 13.5. The van der Waals surface area contributed by atoms with E-state index in [2.05, 4.69) is 5.32 Å². The molecule has 2 bridgehead atoms. The summed E-state index contributed by atoms with van der Waals surface area (Å²) in [6.07, 6.45) is 3.19. The highest BCUT2D eigenvalue weighted by atomic mass is 32.2. The molecule has 2 saturated heterocycles. The van der Waals surface area contributed by atoms with Crippen LogP contribution in [0, 0.1) is 6.92 Å². The first-order valence-electron chi connectivity index (χ1n) is 6.88. The Labute approximate surface area is 114 Å². The molecule has 2 unspecified atom stereocenters. The van der Waals surface area contributed by atoms with Crippen molar-refractivity contribution in [1.29, 1.82) is 0 Å². The third-order valence-corrected chi connectivity index (χ3v) is 6.02. The standard InChI is InChI=1S/C14H20N2O2S/c1-11-2-6-14(7-3-11)19(17,18)16-9-8-12-4-5-13(10-16)15-12/h2-3,6-7,12-13,15H,4-5,8-10H2,1H3. The summed E-state index contributed by atoms with van der Waals surface area (Å²) in [5.41, 5.74) is 1.08. The minimum absolute atomic E-state index is 0.327. The summed E-state index contributed by atoms with van der Waals surface area (Å²) in [6, 6.07) is 7.96. The number of hydrogen-bond donors (Lipinski definition) is 1. The molecule has 2 aliphatic heterocycles. The molecule has 0 aliphatic carbocycles. The lowest BCUT2D eigenvalue weighted by molar-refractivity contribution is 0.383. The third kappa shape index (κ3) is 2.55. The summed E-state index contributed by atoms with van der Waals surface area (Å²) in [6.45, 7) is 3.20. The third-order valence-electron chi connectivity index (χ3n) is 4.14. The van der Waals surface area contributed by atoms with E-state index in [0.717, 1.165) is 18.4 Å². The molecule has 1 N–H and O–H groups in total. The van der Waals surface area contributed by atoms with Crippen molar-refractivity contribution in [3.63, 3.8) is 0 Å². The molecule has 4 nitrogen and oxygen atoms in total. The van der Waals surface area contributed by atoms with Crippen LogP contribution in [0.15, 0.2) is 29.2 Å². The Kier molecular flexibility index (Phi) is 3.37. The highest BCUT2D eigenvalue weighted by Crippen LogP contribution is 2.25. The summed E-state index contributed by atoms with van der Waals surface area (Å²) < 4.78 is 26.9. The molecule has 0 aromatic heterocycles. The number of aryl methyl sites for hydroxylation is 1. The summed E-state index contributed by atoms with van der Waals surface area (Å²) in [4.78, 5) is 0.413. The number of sulfonamides is 1. The zero-order valence-electron chi connectivity index (χ0n) is 11.2. The number of nitrogens with zero attached hydrogens (tertiary/aromatic N) is 1. The Hall–Kier alpha value is -0.910. The second-order valence-electron chi connectivity index (χ2n) is 5.60. The van der Waals surface area contributed by atoms with Crippen molar-refractivity contribution in [2.24, 2.45) is 0 Å². The van der Waals surface area contributed by atoms with Crippen molar-refractivity contribution in [3.8, 4) is 0 Å². The monoisotopic (exact) mass is 280 g/mol. The molecule has 2 fully saturated rings. The molecule has 2 atom stereocenters. The average Bonchev–Trinajstić information content (AvgIpc) is 2.69. The van der Waals surface area contributed by atoms with Gasteiger partial charge >= 0.3 is 0 Å². The van der Waals surface area contributed by atoms with Gasteiger partial charge in [0.2, 0.25) is 10.0 Å². The Morgan fingerprint density at radius 3 is 2.53 bits per heavy atom. The highest BCUT2D eigenvalue weighted by molar-refractivity contribution is 7.89. The number of fused-ring (bicyclic) bond motifs is 2. The molecule has 1 aromatic carbocycles. The Morgan fingerprint density at radius 1 is 1.11 bits per heavy atom. The van der Waals surface area contributed by atoms with Gasteiger partial charge in [-0.15, -0.1) is 0 Å². The molecule has 1 aromatic rings. The first kappa shape index (κ1) is 13.1. The molecule has 104 valence electrons. The SMILES string of the molecule is Cc1ccc(S(=O)(=O)N2CCC3CCC(C2)N3)cc1. The van der Waals surface area contributed by atoms with E-state index in [1.165, 1.54) is 6.42 Å². The van der Waals surface area contributed by atoms with E-state index in [4.69, 9.17) is 0 Å². The fourth-order valence-electron chi connectivity index (χ4n) is 2.99. The van der Waals surface area contributed by atoms with Crippen molar-refractivity contribution in [1.82, 2.24) is 9.62 Å². The van der Waals surface area contributed by atoms with Gasteiger partial charge in [0.25, 0.3) is 0 Å². The molecule has 0 amide bonds. The molecule has 0 radical (unpaired) electrons. The van der Waals surface area contributed by atoms with Crippen LogP contribution < -0.4 is 5.32 Å². The summed E-state index contributed by atoms with van der Waals surface area (Å²) >= 11 is 0. The first-order valence-corrected chi connectivity index (χ1v) is 8.32. The van der Waals surface area contributed by atoms with Gasteiger partial charge in [-0.2, -0.15) is 4.31 Å². The molecule has 2 aliphatic rings. The fraction of sp³-hybridized carbons (Fsp3) is 0.571. The summed E-state index contributed by atoms with van der Waals surface area (Å²) in [5, 5.41) is 3.51. The van der Waals surface area contributed by atoms with Crippen LogP contribution in [0.4, 0.5) is 0 Å². The zero-order valence-corrected chi connectivity index (χ0v) is 12.0. The van der Waals surface area contributed by atoms with E-state index < -0.39 is 10.0 Å². The maximum Gasteiger partial charge on any atom is 0.243 e. The van der Waals surface area contributed by atoms with E-state index in [1.54, 1.807) is 16.4 Å². The van der Waals surface area contributed by atoms with Crippen molar-refractivity contribution < 1.29 is 8.42 Å². The van der Waals surface area contributed by atoms with E-state index in [1.807, 2.05) is 19.1 Å². The smallest absolute Gasteiger partial charge is 0.243 e. The summed E-state index contributed by atoms with van der Waals surface area (Å²) in [7, 11) is -3.33. The van der Waals surface area contributed by atoms with Crippen molar-refractivity contribution in [2.75, 3.05) is 13.1 Å². The van der Waals surface area contributed by atoms with Crippen LogP contribution in [0.3, 0.4) is 0 Å². The van der Waals surface area contributed by atoms with E-state index in [9.17, 15) is 8.42 Å². The quantitative estimate of drug-likeness (QED) is 0.893. The minimum Gasteiger partial charge on any atom is -0.310 e. The average molecular weight is 280 g/mol. The van der Waals surface area contributed by atoms with E-state index in [-0.39, 0.29) is 0 Å². The Morgan fingerprint density at radius 2 is 1.79 bits per heavy atom. The van der Waals surface area contributed by atoms with Gasteiger partial charge in [-0.3, -0.25) is 0 Å². The van der Waals surface area contributed by atoms with Crippen LogP contribution >= 0.6 is 0 Å². The second-order valence-corrected chi connectivity index (χ2v) is 7.54. The topological polar surface area (TPSA) is 49.4 Å². The predicted molar refractivity (Wildman–Crippen MR) is 74.5 cm³/mol. The Bertz CT molecular complexity index is 553. The van der Waals surface area contributed by atoms with Crippen LogP contribution in [-0.4, -0.2) is 37.9 Å². The van der Waals surface area contributed by atoms with Gasteiger partial charge in [-0.25, -0.2) is 8.42 Å². The van der Waals surface area contributed by atoms with Gasteiger partial charge < -0.3 is 5.32 Å². The number of hydrogen-bond acceptors (Lipinski definition) is 3. The molecule has 0 spiro atoms. The Balaban J connectivity index is 1.85. The predicted octanol–water partition coefficient (Wildman–Crippen LogP) is 1.51. The van der Waals surface area contributed by atoms with Crippen molar-refractivity contribution in [2.45, 2.75) is 43.2 Å². The summed E-state index contributed by atoms with van der Waals surface area (Å²) in [5.74, 6) is 0. The minimum atomic E-state index is -3.33. The maximum absolute atomic E-state index is 12.6. The number of benzene rings is 1. The van der Waals surface area contributed by atoms with Crippen LogP contribution in [-0.2, 0) is 10.0 Å². The van der Waals surface area contributed by atoms with Crippen LogP contribution in [0.25, 0.3) is 0 Å². The molecule has 5 heteroatoms. The van der Waals surface area contributed by atoms with E-state index >= 15 is 0 Å².